The molecule has 0 radical (unpaired) electrons. The molecule has 1 aliphatic heterocycles. The number of rotatable bonds is 6. The fraction of sp³-hybridized carbons (Fsp3) is 0.381. The number of nitrogens with one attached hydrogen (secondary N) is 2. The second-order valence-corrected chi connectivity index (χ2v) is 6.70. The first-order valence-corrected chi connectivity index (χ1v) is 9.07. The summed E-state index contributed by atoms with van der Waals surface area (Å²) >= 11 is 0. The van der Waals surface area contributed by atoms with E-state index in [0.717, 1.165) is 42.1 Å². The van der Waals surface area contributed by atoms with E-state index in [1.807, 2.05) is 55.5 Å². The quantitative estimate of drug-likeness (QED) is 0.837. The number of carbonyl (C=O) groups excluding carboxylic acids is 1. The van der Waals surface area contributed by atoms with Gasteiger partial charge in [0.1, 0.15) is 17.5 Å². The Kier molecular flexibility index (Phi) is 5.78. The molecular weight excluding hydrogens is 328 g/mol. The lowest BCUT2D eigenvalue weighted by Gasteiger charge is -2.28. The van der Waals surface area contributed by atoms with Gasteiger partial charge in [0, 0.05) is 18.5 Å². The molecule has 2 aromatic rings. The zero-order valence-corrected chi connectivity index (χ0v) is 15.6. The molecule has 26 heavy (non-hydrogen) atoms. The fourth-order valence-corrected chi connectivity index (χ4v) is 3.80. The maximum Gasteiger partial charge on any atom is 0.282 e. The number of ether oxygens (including phenoxy) is 2. The van der Waals surface area contributed by atoms with Gasteiger partial charge in [-0.3, -0.25) is 4.79 Å². The second kappa shape index (κ2) is 8.23. The van der Waals surface area contributed by atoms with Crippen LogP contribution in [0.4, 0.5) is 5.69 Å². The maximum atomic E-state index is 12.8. The Labute approximate surface area is 154 Å². The number of para-hydroxylation sites is 1. The molecule has 1 fully saturated rings. The molecule has 3 rings (SSSR count). The molecule has 1 saturated heterocycles. The average molecular weight is 355 g/mol. The van der Waals surface area contributed by atoms with Crippen molar-refractivity contribution >= 4 is 11.6 Å². The highest BCUT2D eigenvalue weighted by atomic mass is 16.5. The molecule has 0 bridgehead atoms. The number of methoxy groups -OCH3 is 2. The molecule has 2 N–H and O–H groups in total. The molecule has 138 valence electrons. The first-order chi connectivity index (χ1) is 12.6. The predicted octanol–water partition coefficient (Wildman–Crippen LogP) is 2.45. The van der Waals surface area contributed by atoms with Crippen molar-refractivity contribution in [3.8, 4) is 11.5 Å². The van der Waals surface area contributed by atoms with Gasteiger partial charge in [-0.15, -0.1) is 0 Å². The average Bonchev–Trinajstić information content (AvgIpc) is 3.17. The van der Waals surface area contributed by atoms with Gasteiger partial charge < -0.3 is 19.7 Å². The number of amides is 1. The molecule has 0 spiro atoms. The number of carbonyl (C=O) groups is 1. The van der Waals surface area contributed by atoms with Crippen molar-refractivity contribution in [1.29, 1.82) is 0 Å². The smallest absolute Gasteiger partial charge is 0.282 e. The van der Waals surface area contributed by atoms with Crippen molar-refractivity contribution in [2.75, 3.05) is 26.1 Å². The Morgan fingerprint density at radius 2 is 1.92 bits per heavy atom. The van der Waals surface area contributed by atoms with Gasteiger partial charge in [-0.05, 0) is 37.3 Å². The van der Waals surface area contributed by atoms with Crippen LogP contribution in [0.3, 0.4) is 0 Å². The minimum Gasteiger partial charge on any atom is -0.497 e. The molecule has 3 atom stereocenters. The highest BCUT2D eigenvalue weighted by molar-refractivity contribution is 5.93. The summed E-state index contributed by atoms with van der Waals surface area (Å²) in [5, 5.41) is 3.03. The van der Waals surface area contributed by atoms with E-state index < -0.39 is 0 Å². The van der Waals surface area contributed by atoms with Crippen molar-refractivity contribution in [2.45, 2.75) is 31.8 Å². The fourth-order valence-electron chi connectivity index (χ4n) is 3.80. The third-order valence-corrected chi connectivity index (χ3v) is 5.21. The molecule has 1 amide bonds. The Morgan fingerprint density at radius 1 is 1.15 bits per heavy atom. The van der Waals surface area contributed by atoms with Crippen molar-refractivity contribution in [3.05, 3.63) is 54.1 Å². The topological polar surface area (TPSA) is 52.0 Å². The van der Waals surface area contributed by atoms with Gasteiger partial charge in [0.2, 0.25) is 0 Å². The molecular formula is C21H27N2O3+. The number of benzene rings is 2. The van der Waals surface area contributed by atoms with Crippen LogP contribution in [0.2, 0.25) is 0 Å². The standard InChI is InChI=1S/C21H26N2O3/c1-15(21(24)22-16-8-5-4-6-9-16)23-13-7-10-19(23)18-14-17(25-2)11-12-20(18)26-3/h4-6,8-9,11-12,14-15,19H,7,10,13H2,1-3H3,(H,22,24)/p+1/t15-,19-/m1/s1. The van der Waals surface area contributed by atoms with Crippen molar-refractivity contribution < 1.29 is 19.2 Å². The lowest BCUT2D eigenvalue weighted by atomic mass is 10.0. The molecule has 1 unspecified atom stereocenters. The van der Waals surface area contributed by atoms with E-state index in [1.54, 1.807) is 14.2 Å². The monoisotopic (exact) mass is 355 g/mol. The summed E-state index contributed by atoms with van der Waals surface area (Å²) < 4.78 is 11.0. The zero-order valence-electron chi connectivity index (χ0n) is 15.6. The van der Waals surface area contributed by atoms with E-state index >= 15 is 0 Å². The van der Waals surface area contributed by atoms with Gasteiger partial charge >= 0.3 is 0 Å². The number of likely N-dealkylation sites (tertiary alicyclic amines) is 1. The molecule has 0 saturated carbocycles. The first-order valence-electron chi connectivity index (χ1n) is 9.07. The summed E-state index contributed by atoms with van der Waals surface area (Å²) in [5.41, 5.74) is 1.94. The van der Waals surface area contributed by atoms with Crippen molar-refractivity contribution in [2.24, 2.45) is 0 Å². The van der Waals surface area contributed by atoms with Crippen LogP contribution in [0.1, 0.15) is 31.4 Å². The van der Waals surface area contributed by atoms with Gasteiger partial charge in [0.25, 0.3) is 5.91 Å². The lowest BCUT2D eigenvalue weighted by Crippen LogP contribution is -3.15. The summed E-state index contributed by atoms with van der Waals surface area (Å²) in [6.07, 6.45) is 2.12. The summed E-state index contributed by atoms with van der Waals surface area (Å²) in [7, 11) is 3.35. The number of anilines is 1. The van der Waals surface area contributed by atoms with Crippen molar-refractivity contribution in [1.82, 2.24) is 0 Å². The highest BCUT2D eigenvalue weighted by Gasteiger charge is 2.38. The molecule has 1 heterocycles. The van der Waals surface area contributed by atoms with Gasteiger partial charge in [0.15, 0.2) is 6.04 Å². The minimum atomic E-state index is -0.154. The second-order valence-electron chi connectivity index (χ2n) is 6.70. The van der Waals surface area contributed by atoms with E-state index in [1.165, 1.54) is 4.90 Å². The number of hydrogen-bond donors (Lipinski definition) is 2. The van der Waals surface area contributed by atoms with Crippen LogP contribution in [-0.2, 0) is 4.79 Å². The maximum absolute atomic E-state index is 12.8. The van der Waals surface area contributed by atoms with E-state index in [9.17, 15) is 4.79 Å². The van der Waals surface area contributed by atoms with E-state index in [2.05, 4.69) is 5.32 Å². The largest absolute Gasteiger partial charge is 0.497 e. The van der Waals surface area contributed by atoms with Crippen LogP contribution in [0.25, 0.3) is 0 Å². The van der Waals surface area contributed by atoms with Crippen LogP contribution in [-0.4, -0.2) is 32.7 Å². The molecule has 0 aromatic heterocycles. The first kappa shape index (κ1) is 18.3. The van der Waals surface area contributed by atoms with E-state index in [0.29, 0.717) is 0 Å². The normalized spacial score (nSPS) is 20.4. The van der Waals surface area contributed by atoms with E-state index in [-0.39, 0.29) is 18.0 Å². The van der Waals surface area contributed by atoms with Crippen LogP contribution in [0, 0.1) is 0 Å². The van der Waals surface area contributed by atoms with Crippen LogP contribution < -0.4 is 19.7 Å². The summed E-state index contributed by atoms with van der Waals surface area (Å²) in [6, 6.07) is 15.6. The minimum absolute atomic E-state index is 0.0416. The Morgan fingerprint density at radius 3 is 2.62 bits per heavy atom. The number of quaternary nitrogens is 1. The highest BCUT2D eigenvalue weighted by Crippen LogP contribution is 2.32. The Balaban J connectivity index is 1.80. The zero-order chi connectivity index (χ0) is 18.5. The molecule has 5 nitrogen and oxygen atoms in total. The Bertz CT molecular complexity index is 748. The van der Waals surface area contributed by atoms with Gasteiger partial charge in [-0.2, -0.15) is 0 Å². The third-order valence-electron chi connectivity index (χ3n) is 5.21. The van der Waals surface area contributed by atoms with Gasteiger partial charge in [0.05, 0.1) is 26.3 Å². The van der Waals surface area contributed by atoms with Gasteiger partial charge in [-0.1, -0.05) is 18.2 Å². The lowest BCUT2D eigenvalue weighted by molar-refractivity contribution is -0.932. The summed E-state index contributed by atoms with van der Waals surface area (Å²) in [4.78, 5) is 14.0. The predicted molar refractivity (Wildman–Crippen MR) is 102 cm³/mol. The van der Waals surface area contributed by atoms with Crippen LogP contribution in [0.5, 0.6) is 11.5 Å². The summed E-state index contributed by atoms with van der Waals surface area (Å²) in [5.74, 6) is 1.71. The summed E-state index contributed by atoms with van der Waals surface area (Å²) in [6.45, 7) is 2.97. The molecule has 5 heteroatoms. The SMILES string of the molecule is COc1ccc(OC)c([C@H]2CCC[NH+]2[C@H](C)C(=O)Nc2ccccc2)c1. The Hall–Kier alpha value is -2.53. The van der Waals surface area contributed by atoms with Gasteiger partial charge in [-0.25, -0.2) is 0 Å². The van der Waals surface area contributed by atoms with Crippen LogP contribution >= 0.6 is 0 Å². The van der Waals surface area contributed by atoms with E-state index in [4.69, 9.17) is 9.47 Å². The molecule has 1 aliphatic rings. The molecule has 2 aromatic carbocycles. The third kappa shape index (κ3) is 3.83. The molecule has 0 aliphatic carbocycles. The number of hydrogen-bond acceptors (Lipinski definition) is 3. The van der Waals surface area contributed by atoms with Crippen LogP contribution in [0.15, 0.2) is 48.5 Å². The van der Waals surface area contributed by atoms with Crippen molar-refractivity contribution in [3.63, 3.8) is 0 Å².